The van der Waals surface area contributed by atoms with E-state index >= 15 is 0 Å². The normalized spacial score (nSPS) is 11.2. The maximum atomic E-state index is 4.45. The molecule has 0 saturated carbocycles. The number of nitrogens with zero attached hydrogens (tertiary/aromatic N) is 2. The summed E-state index contributed by atoms with van der Waals surface area (Å²) in [6.07, 6.45) is 3.53. The largest absolute Gasteiger partial charge is 0.244 e. The van der Waals surface area contributed by atoms with E-state index in [1.165, 1.54) is 33.0 Å². The lowest BCUT2D eigenvalue weighted by Crippen LogP contribution is -1.90. The highest BCUT2D eigenvalue weighted by molar-refractivity contribution is 6.11. The summed E-state index contributed by atoms with van der Waals surface area (Å²) in [5, 5.41) is 3.56. The number of benzene rings is 3. The van der Waals surface area contributed by atoms with E-state index < -0.39 is 0 Å². The first kappa shape index (κ1) is 13.0. The van der Waals surface area contributed by atoms with Crippen LogP contribution < -0.4 is 0 Å². The maximum Gasteiger partial charge on any atom is 0.116 e. The highest BCUT2D eigenvalue weighted by Crippen LogP contribution is 2.35. The Kier molecular flexibility index (Phi) is 2.90. The van der Waals surface area contributed by atoms with Gasteiger partial charge in [-0.25, -0.2) is 9.97 Å². The Morgan fingerprint density at radius 2 is 1.59 bits per heavy atom. The van der Waals surface area contributed by atoms with Gasteiger partial charge in [0.25, 0.3) is 0 Å². The summed E-state index contributed by atoms with van der Waals surface area (Å²) in [5.41, 5.74) is 5.98. The van der Waals surface area contributed by atoms with E-state index in [1.807, 2.05) is 6.20 Å². The zero-order chi connectivity index (χ0) is 15.1. The van der Waals surface area contributed by atoms with Crippen LogP contribution in [0.1, 0.15) is 11.1 Å². The van der Waals surface area contributed by atoms with E-state index in [9.17, 15) is 0 Å². The van der Waals surface area contributed by atoms with Crippen LogP contribution in [0.4, 0.5) is 0 Å². The van der Waals surface area contributed by atoms with Gasteiger partial charge in [-0.15, -0.1) is 0 Å². The number of rotatable bonds is 1. The van der Waals surface area contributed by atoms with E-state index in [4.69, 9.17) is 0 Å². The summed E-state index contributed by atoms with van der Waals surface area (Å²) < 4.78 is 0. The fourth-order valence-electron chi connectivity index (χ4n) is 3.22. The summed E-state index contributed by atoms with van der Waals surface area (Å²) in [4.78, 5) is 8.69. The molecule has 4 rings (SSSR count). The number of aryl methyl sites for hydroxylation is 2. The SMILES string of the molecule is Cc1cc(C)cc(-c2c3ccccc3cc3ncncc23)c1. The van der Waals surface area contributed by atoms with Crippen LogP contribution in [0.2, 0.25) is 0 Å². The second-order valence-corrected chi connectivity index (χ2v) is 5.80. The summed E-state index contributed by atoms with van der Waals surface area (Å²) >= 11 is 0. The van der Waals surface area contributed by atoms with Crippen molar-refractivity contribution in [3.63, 3.8) is 0 Å². The lowest BCUT2D eigenvalue weighted by atomic mass is 9.93. The molecule has 22 heavy (non-hydrogen) atoms. The number of hydrogen-bond acceptors (Lipinski definition) is 2. The van der Waals surface area contributed by atoms with Crippen molar-refractivity contribution in [2.24, 2.45) is 0 Å². The van der Waals surface area contributed by atoms with E-state index in [-0.39, 0.29) is 0 Å². The molecule has 0 radical (unpaired) electrons. The molecule has 0 spiro atoms. The zero-order valence-electron chi connectivity index (χ0n) is 12.7. The van der Waals surface area contributed by atoms with Crippen molar-refractivity contribution in [1.29, 1.82) is 0 Å². The fourth-order valence-corrected chi connectivity index (χ4v) is 3.22. The molecule has 0 unspecified atom stereocenters. The lowest BCUT2D eigenvalue weighted by molar-refractivity contribution is 1.22. The highest BCUT2D eigenvalue weighted by atomic mass is 14.8. The van der Waals surface area contributed by atoms with Gasteiger partial charge in [0.2, 0.25) is 0 Å². The molecule has 0 fully saturated rings. The average molecular weight is 284 g/mol. The molecule has 0 bridgehead atoms. The summed E-state index contributed by atoms with van der Waals surface area (Å²) in [7, 11) is 0. The zero-order valence-corrected chi connectivity index (χ0v) is 12.7. The van der Waals surface area contributed by atoms with Gasteiger partial charge in [-0.1, -0.05) is 53.6 Å². The van der Waals surface area contributed by atoms with Crippen LogP contribution in [-0.4, -0.2) is 9.97 Å². The van der Waals surface area contributed by atoms with E-state index in [0.29, 0.717) is 0 Å². The van der Waals surface area contributed by atoms with Crippen molar-refractivity contribution >= 4 is 21.7 Å². The second kappa shape index (κ2) is 4.92. The molecule has 0 aliphatic carbocycles. The van der Waals surface area contributed by atoms with Crippen LogP contribution in [0.5, 0.6) is 0 Å². The predicted octanol–water partition coefficient (Wildman–Crippen LogP) is 5.07. The molecular weight excluding hydrogens is 268 g/mol. The minimum absolute atomic E-state index is 0.989. The van der Waals surface area contributed by atoms with Crippen LogP contribution in [0.25, 0.3) is 32.8 Å². The Morgan fingerprint density at radius 1 is 0.818 bits per heavy atom. The third-order valence-corrected chi connectivity index (χ3v) is 4.05. The Bertz CT molecular complexity index is 929. The molecule has 0 saturated heterocycles. The molecule has 1 aromatic heterocycles. The molecule has 0 aliphatic rings. The Hall–Kier alpha value is -2.74. The van der Waals surface area contributed by atoms with Gasteiger partial charge in [-0.2, -0.15) is 0 Å². The molecule has 106 valence electrons. The van der Waals surface area contributed by atoms with Crippen LogP contribution in [0, 0.1) is 13.8 Å². The topological polar surface area (TPSA) is 25.8 Å². The van der Waals surface area contributed by atoms with E-state index in [0.717, 1.165) is 10.9 Å². The van der Waals surface area contributed by atoms with Gasteiger partial charge >= 0.3 is 0 Å². The molecule has 0 atom stereocenters. The molecular formula is C20H16N2. The molecule has 0 amide bonds. The first-order chi connectivity index (χ1) is 10.7. The predicted molar refractivity (Wildman–Crippen MR) is 92.0 cm³/mol. The quantitative estimate of drug-likeness (QED) is 0.456. The highest BCUT2D eigenvalue weighted by Gasteiger charge is 2.11. The lowest BCUT2D eigenvalue weighted by Gasteiger charge is -2.12. The molecule has 4 aromatic rings. The van der Waals surface area contributed by atoms with Crippen molar-refractivity contribution in [2.75, 3.05) is 0 Å². The van der Waals surface area contributed by atoms with Gasteiger partial charge in [0, 0.05) is 17.1 Å². The molecule has 1 heterocycles. The third-order valence-electron chi connectivity index (χ3n) is 4.05. The Morgan fingerprint density at radius 3 is 2.41 bits per heavy atom. The Balaban J connectivity index is 2.21. The maximum absolute atomic E-state index is 4.45. The molecule has 0 N–H and O–H groups in total. The van der Waals surface area contributed by atoms with Crippen LogP contribution in [0.3, 0.4) is 0 Å². The number of hydrogen-bond donors (Lipinski definition) is 0. The van der Waals surface area contributed by atoms with Crippen molar-refractivity contribution < 1.29 is 0 Å². The summed E-state index contributed by atoms with van der Waals surface area (Å²) in [6.45, 7) is 4.28. The van der Waals surface area contributed by atoms with Crippen molar-refractivity contribution in [3.8, 4) is 11.1 Å². The van der Waals surface area contributed by atoms with Gasteiger partial charge in [0.05, 0.1) is 5.52 Å². The molecule has 3 aromatic carbocycles. The average Bonchev–Trinajstić information content (AvgIpc) is 2.51. The van der Waals surface area contributed by atoms with Gasteiger partial charge in [-0.05, 0) is 36.2 Å². The van der Waals surface area contributed by atoms with Gasteiger partial charge in [-0.3, -0.25) is 0 Å². The molecule has 2 nitrogen and oxygen atoms in total. The van der Waals surface area contributed by atoms with Crippen LogP contribution >= 0.6 is 0 Å². The monoisotopic (exact) mass is 284 g/mol. The number of fused-ring (bicyclic) bond motifs is 2. The van der Waals surface area contributed by atoms with Crippen molar-refractivity contribution in [3.05, 3.63) is 72.2 Å². The smallest absolute Gasteiger partial charge is 0.116 e. The minimum atomic E-state index is 0.989. The summed E-state index contributed by atoms with van der Waals surface area (Å²) in [5.74, 6) is 0. The van der Waals surface area contributed by atoms with E-state index in [2.05, 4.69) is 72.3 Å². The molecule has 0 aliphatic heterocycles. The standard InChI is InChI=1S/C20H16N2/c1-13-7-14(2)9-16(8-13)20-17-6-4-3-5-15(17)10-19-18(20)11-21-12-22-19/h3-12H,1-2H3. The number of aromatic nitrogens is 2. The first-order valence-corrected chi connectivity index (χ1v) is 7.42. The second-order valence-electron chi connectivity index (χ2n) is 5.80. The fraction of sp³-hybridized carbons (Fsp3) is 0.100. The van der Waals surface area contributed by atoms with Crippen LogP contribution in [-0.2, 0) is 0 Å². The third kappa shape index (κ3) is 2.04. The van der Waals surface area contributed by atoms with Crippen LogP contribution in [0.15, 0.2) is 61.1 Å². The Labute approximate surface area is 129 Å². The summed E-state index contributed by atoms with van der Waals surface area (Å²) in [6, 6.07) is 17.3. The first-order valence-electron chi connectivity index (χ1n) is 7.42. The van der Waals surface area contributed by atoms with Crippen molar-refractivity contribution in [2.45, 2.75) is 13.8 Å². The van der Waals surface area contributed by atoms with Gasteiger partial charge in [0.15, 0.2) is 0 Å². The van der Waals surface area contributed by atoms with E-state index in [1.54, 1.807) is 6.33 Å². The van der Waals surface area contributed by atoms with Gasteiger partial charge < -0.3 is 0 Å². The van der Waals surface area contributed by atoms with Gasteiger partial charge in [0.1, 0.15) is 6.33 Å². The van der Waals surface area contributed by atoms with Crippen molar-refractivity contribution in [1.82, 2.24) is 9.97 Å². The molecule has 2 heteroatoms. The minimum Gasteiger partial charge on any atom is -0.244 e.